The molecule has 0 bridgehead atoms. The monoisotopic (exact) mass is 435 g/mol. The van der Waals surface area contributed by atoms with Gasteiger partial charge in [-0.05, 0) is 49.0 Å². The number of hydrogen-bond acceptors (Lipinski definition) is 4. The van der Waals surface area contributed by atoms with Crippen molar-refractivity contribution in [2.24, 2.45) is 0 Å². The molecule has 3 aromatic rings. The molecule has 1 N–H and O–H groups in total. The Bertz CT molecular complexity index is 1130. The van der Waals surface area contributed by atoms with Gasteiger partial charge in [0.2, 0.25) is 0 Å². The predicted octanol–water partition coefficient (Wildman–Crippen LogP) is 3.62. The topological polar surface area (TPSA) is 69.7 Å². The summed E-state index contributed by atoms with van der Waals surface area (Å²) in [5, 5.41) is 0. The first kappa shape index (κ1) is 21.1. The lowest BCUT2D eigenvalue weighted by Gasteiger charge is -2.40. The fourth-order valence-electron chi connectivity index (χ4n) is 3.78. The molecule has 31 heavy (non-hydrogen) atoms. The summed E-state index contributed by atoms with van der Waals surface area (Å²) in [7, 11) is -1.61. The molecule has 0 aliphatic carbocycles. The van der Waals surface area contributed by atoms with Crippen molar-refractivity contribution in [2.45, 2.75) is 10.9 Å². The number of benzene rings is 3. The minimum absolute atomic E-state index is 0.0243. The average molecular weight is 436 g/mol. The highest BCUT2D eigenvalue weighted by Crippen LogP contribution is 2.27. The Labute approximate surface area is 183 Å². The van der Waals surface area contributed by atoms with Crippen LogP contribution < -0.4 is 4.72 Å². The molecule has 1 fully saturated rings. The van der Waals surface area contributed by atoms with E-state index in [9.17, 15) is 13.2 Å². The Balaban J connectivity index is 1.52. The average Bonchev–Trinajstić information content (AvgIpc) is 2.80. The van der Waals surface area contributed by atoms with Crippen molar-refractivity contribution >= 4 is 21.6 Å². The molecule has 0 radical (unpaired) electrons. The summed E-state index contributed by atoms with van der Waals surface area (Å²) in [5.41, 5.74) is 2.06. The molecule has 1 atom stereocenters. The van der Waals surface area contributed by atoms with Crippen LogP contribution in [-0.4, -0.2) is 50.8 Å². The summed E-state index contributed by atoms with van der Waals surface area (Å²) < 4.78 is 27.6. The van der Waals surface area contributed by atoms with E-state index < -0.39 is 10.0 Å². The zero-order valence-electron chi connectivity index (χ0n) is 17.3. The minimum Gasteiger partial charge on any atom is -0.329 e. The Morgan fingerprint density at radius 2 is 1.48 bits per heavy atom. The van der Waals surface area contributed by atoms with Crippen LogP contribution in [-0.2, 0) is 10.0 Å². The molecule has 0 saturated carbocycles. The Morgan fingerprint density at radius 3 is 2.13 bits per heavy atom. The van der Waals surface area contributed by atoms with Crippen LogP contribution in [0.5, 0.6) is 0 Å². The van der Waals surface area contributed by atoms with Gasteiger partial charge >= 0.3 is 0 Å². The van der Waals surface area contributed by atoms with Crippen LogP contribution in [0.2, 0.25) is 0 Å². The number of sulfonamides is 1. The number of piperazine rings is 1. The zero-order chi connectivity index (χ0) is 21.8. The number of carbonyl (C=O) groups excluding carboxylic acids is 1. The first-order chi connectivity index (χ1) is 14.9. The SMILES string of the molecule is CN1CCN(C(=O)c2ccc(NS(=O)(=O)c3ccccc3)cc2)[C@@H](c2ccccc2)C1. The molecule has 6 nitrogen and oxygen atoms in total. The standard InChI is InChI=1S/C24H25N3O3S/c1-26-16-17-27(23(18-26)19-8-4-2-5-9-19)24(28)20-12-14-21(15-13-20)25-31(29,30)22-10-6-3-7-11-22/h2-15,23,25H,16-18H2,1H3/t23-/m1/s1. The summed E-state index contributed by atoms with van der Waals surface area (Å²) in [4.78, 5) is 17.6. The first-order valence-corrected chi connectivity index (χ1v) is 11.6. The van der Waals surface area contributed by atoms with Gasteiger partial charge in [-0.25, -0.2) is 8.42 Å². The van der Waals surface area contributed by atoms with E-state index in [-0.39, 0.29) is 16.8 Å². The quantitative estimate of drug-likeness (QED) is 0.665. The van der Waals surface area contributed by atoms with Gasteiger partial charge in [0.05, 0.1) is 10.9 Å². The number of anilines is 1. The maximum Gasteiger partial charge on any atom is 0.261 e. The van der Waals surface area contributed by atoms with E-state index in [1.54, 1.807) is 42.5 Å². The number of likely N-dealkylation sites (N-methyl/N-ethyl adjacent to an activating group) is 1. The van der Waals surface area contributed by atoms with Crippen molar-refractivity contribution in [1.29, 1.82) is 0 Å². The van der Waals surface area contributed by atoms with Crippen molar-refractivity contribution in [2.75, 3.05) is 31.4 Å². The maximum absolute atomic E-state index is 13.3. The van der Waals surface area contributed by atoms with Crippen LogP contribution in [0.4, 0.5) is 5.69 Å². The Kier molecular flexibility index (Phi) is 6.06. The summed E-state index contributed by atoms with van der Waals surface area (Å²) in [6.07, 6.45) is 0. The van der Waals surface area contributed by atoms with E-state index in [2.05, 4.69) is 16.7 Å². The van der Waals surface area contributed by atoms with Crippen LogP contribution in [0, 0.1) is 0 Å². The maximum atomic E-state index is 13.3. The number of hydrogen-bond donors (Lipinski definition) is 1. The van der Waals surface area contributed by atoms with E-state index in [1.807, 2.05) is 35.2 Å². The molecule has 0 aromatic heterocycles. The van der Waals surface area contributed by atoms with Gasteiger partial charge in [-0.15, -0.1) is 0 Å². The van der Waals surface area contributed by atoms with Gasteiger partial charge in [-0.1, -0.05) is 48.5 Å². The molecule has 0 unspecified atom stereocenters. The lowest BCUT2D eigenvalue weighted by molar-refractivity contribution is 0.0498. The molecule has 0 spiro atoms. The third-order valence-corrected chi connectivity index (χ3v) is 6.86. The molecule has 1 saturated heterocycles. The van der Waals surface area contributed by atoms with Gasteiger partial charge in [-0.2, -0.15) is 0 Å². The largest absolute Gasteiger partial charge is 0.329 e. The highest BCUT2D eigenvalue weighted by molar-refractivity contribution is 7.92. The first-order valence-electron chi connectivity index (χ1n) is 10.2. The Hall–Kier alpha value is -3.16. The van der Waals surface area contributed by atoms with E-state index >= 15 is 0 Å². The van der Waals surface area contributed by atoms with Crippen LogP contribution in [0.3, 0.4) is 0 Å². The van der Waals surface area contributed by atoms with Gasteiger partial charge in [0.15, 0.2) is 0 Å². The summed E-state index contributed by atoms with van der Waals surface area (Å²) in [6, 6.07) is 24.8. The second-order valence-corrected chi connectivity index (χ2v) is 9.37. The molecule has 1 heterocycles. The van der Waals surface area contributed by atoms with Crippen LogP contribution in [0.15, 0.2) is 89.8 Å². The zero-order valence-corrected chi connectivity index (χ0v) is 18.1. The second-order valence-electron chi connectivity index (χ2n) is 7.68. The lowest BCUT2D eigenvalue weighted by Crippen LogP contribution is -2.49. The molecule has 1 aliphatic heterocycles. The molecule has 3 aromatic carbocycles. The molecule has 1 amide bonds. The van der Waals surface area contributed by atoms with Crippen molar-refractivity contribution in [3.63, 3.8) is 0 Å². The lowest BCUT2D eigenvalue weighted by atomic mass is 10.0. The van der Waals surface area contributed by atoms with E-state index in [0.717, 1.165) is 18.7 Å². The van der Waals surface area contributed by atoms with Crippen molar-refractivity contribution in [3.8, 4) is 0 Å². The van der Waals surface area contributed by atoms with Gasteiger partial charge in [0, 0.05) is 30.9 Å². The summed E-state index contributed by atoms with van der Waals surface area (Å²) in [6.45, 7) is 2.21. The summed E-state index contributed by atoms with van der Waals surface area (Å²) in [5.74, 6) is -0.0561. The minimum atomic E-state index is -3.67. The van der Waals surface area contributed by atoms with Crippen LogP contribution >= 0.6 is 0 Å². The highest BCUT2D eigenvalue weighted by Gasteiger charge is 2.30. The molecule has 7 heteroatoms. The number of rotatable bonds is 5. The van der Waals surface area contributed by atoms with Crippen LogP contribution in [0.1, 0.15) is 22.0 Å². The highest BCUT2D eigenvalue weighted by atomic mass is 32.2. The number of nitrogens with zero attached hydrogens (tertiary/aromatic N) is 2. The van der Waals surface area contributed by atoms with E-state index in [4.69, 9.17) is 0 Å². The van der Waals surface area contributed by atoms with Crippen molar-refractivity contribution in [3.05, 3.63) is 96.1 Å². The third kappa shape index (κ3) is 4.78. The number of carbonyl (C=O) groups is 1. The van der Waals surface area contributed by atoms with Crippen molar-refractivity contribution < 1.29 is 13.2 Å². The normalized spacial score (nSPS) is 17.3. The fraction of sp³-hybridized carbons (Fsp3) is 0.208. The van der Waals surface area contributed by atoms with Crippen molar-refractivity contribution in [1.82, 2.24) is 9.80 Å². The molecular weight excluding hydrogens is 410 g/mol. The molecule has 4 rings (SSSR count). The molecule has 160 valence electrons. The fourth-order valence-corrected chi connectivity index (χ4v) is 4.86. The molecule has 1 aliphatic rings. The van der Waals surface area contributed by atoms with Gasteiger partial charge in [0.1, 0.15) is 0 Å². The van der Waals surface area contributed by atoms with Crippen LogP contribution in [0.25, 0.3) is 0 Å². The smallest absolute Gasteiger partial charge is 0.261 e. The Morgan fingerprint density at radius 1 is 0.871 bits per heavy atom. The predicted molar refractivity (Wildman–Crippen MR) is 121 cm³/mol. The van der Waals surface area contributed by atoms with Gasteiger partial charge in [0.25, 0.3) is 15.9 Å². The third-order valence-electron chi connectivity index (χ3n) is 5.47. The van der Waals surface area contributed by atoms with E-state index in [0.29, 0.717) is 17.8 Å². The number of nitrogens with one attached hydrogen (secondary N) is 1. The van der Waals surface area contributed by atoms with E-state index in [1.165, 1.54) is 12.1 Å². The van der Waals surface area contributed by atoms with Gasteiger partial charge < -0.3 is 9.80 Å². The molecular formula is C24H25N3O3S. The summed E-state index contributed by atoms with van der Waals surface area (Å²) >= 11 is 0. The van der Waals surface area contributed by atoms with Gasteiger partial charge in [-0.3, -0.25) is 9.52 Å². The number of amides is 1. The second kappa shape index (κ2) is 8.91.